The van der Waals surface area contributed by atoms with Crippen molar-refractivity contribution in [1.82, 2.24) is 4.90 Å². The Hall–Kier alpha value is -1.46. The monoisotopic (exact) mass is 395 g/mol. The molecule has 2 N–H and O–H groups in total. The largest absolute Gasteiger partial charge is 0.424 e. The maximum Gasteiger partial charge on any atom is 0.258 e. The molecule has 0 amide bonds. The number of aliphatic hydroxyl groups excluding tert-OH is 1. The molecule has 0 saturated carbocycles. The van der Waals surface area contributed by atoms with Gasteiger partial charge in [0.05, 0.1) is 6.61 Å². The Bertz CT molecular complexity index is 755. The van der Waals surface area contributed by atoms with Crippen molar-refractivity contribution in [1.29, 1.82) is 0 Å². The third kappa shape index (κ3) is 3.16. The van der Waals surface area contributed by atoms with E-state index >= 15 is 0 Å². The molecule has 150 valence electrons. The van der Waals surface area contributed by atoms with Crippen molar-refractivity contribution in [3.8, 4) is 0 Å². The zero-order chi connectivity index (χ0) is 19.8. The van der Waals surface area contributed by atoms with Gasteiger partial charge in [0.1, 0.15) is 0 Å². The minimum absolute atomic E-state index is 0.0000876. The highest BCUT2D eigenvalue weighted by Gasteiger charge is 2.54. The molecular formula is C24H33NO2Si. The van der Waals surface area contributed by atoms with Gasteiger partial charge in [-0.3, -0.25) is 4.90 Å². The first-order valence-corrected chi connectivity index (χ1v) is 12.6. The number of aliphatic hydroxyl groups is 1. The highest BCUT2D eigenvalue weighted by molar-refractivity contribution is 6.98. The first-order valence-electron chi connectivity index (χ1n) is 10.6. The Labute approximate surface area is 170 Å². The van der Waals surface area contributed by atoms with E-state index < -0.39 is 8.32 Å². The molecule has 2 fully saturated rings. The van der Waals surface area contributed by atoms with Crippen LogP contribution in [-0.4, -0.2) is 48.4 Å². The molecule has 0 aliphatic carbocycles. The summed E-state index contributed by atoms with van der Waals surface area (Å²) in [5.41, 5.74) is -0.0000876. The van der Waals surface area contributed by atoms with Crippen molar-refractivity contribution in [3.05, 3.63) is 60.7 Å². The van der Waals surface area contributed by atoms with Gasteiger partial charge in [0.15, 0.2) is 0 Å². The summed E-state index contributed by atoms with van der Waals surface area (Å²) >= 11 is 0. The van der Waals surface area contributed by atoms with Crippen LogP contribution in [0.15, 0.2) is 60.7 Å². The minimum atomic E-state index is -2.95. The van der Waals surface area contributed by atoms with Crippen LogP contribution in [0.5, 0.6) is 0 Å². The zero-order valence-corrected chi connectivity index (χ0v) is 18.1. The Kier molecular flexibility index (Phi) is 5.25. The predicted molar refractivity (Wildman–Crippen MR) is 118 cm³/mol. The van der Waals surface area contributed by atoms with Crippen molar-refractivity contribution >= 4 is 18.7 Å². The Morgan fingerprint density at radius 1 is 1.04 bits per heavy atom. The average Bonchev–Trinajstić information content (AvgIpc) is 3.25. The van der Waals surface area contributed by atoms with Gasteiger partial charge in [-0.1, -0.05) is 74.5 Å². The van der Waals surface area contributed by atoms with E-state index in [9.17, 15) is 9.90 Å². The van der Waals surface area contributed by atoms with Crippen molar-refractivity contribution in [2.45, 2.75) is 50.1 Å². The molecule has 4 heteroatoms. The topological polar surface area (TPSA) is 43.7 Å². The van der Waals surface area contributed by atoms with E-state index in [0.29, 0.717) is 5.92 Å². The van der Waals surface area contributed by atoms with Crippen molar-refractivity contribution in [2.75, 3.05) is 19.7 Å². The molecular weight excluding hydrogens is 362 g/mol. The highest BCUT2D eigenvalue weighted by Crippen LogP contribution is 2.49. The summed E-state index contributed by atoms with van der Waals surface area (Å²) in [6, 6.07) is 20.6. The molecule has 0 aromatic heterocycles. The summed E-state index contributed by atoms with van der Waals surface area (Å²) in [5.74, 6) is 0.522. The fourth-order valence-corrected chi connectivity index (χ4v) is 9.81. The van der Waals surface area contributed by atoms with Crippen LogP contribution < -0.4 is 10.4 Å². The number of nitrogens with zero attached hydrogens (tertiary/aromatic N) is 1. The molecule has 2 saturated heterocycles. The second kappa shape index (κ2) is 7.41. The lowest BCUT2D eigenvalue weighted by Gasteiger charge is -2.42. The highest BCUT2D eigenvalue weighted by atomic mass is 28.4. The third-order valence-corrected chi connectivity index (χ3v) is 11.8. The minimum Gasteiger partial charge on any atom is -0.424 e. The molecule has 2 heterocycles. The molecule has 2 aliphatic heterocycles. The molecule has 2 aromatic carbocycles. The van der Waals surface area contributed by atoms with E-state index in [1.54, 1.807) is 0 Å². The molecule has 0 radical (unpaired) electrons. The summed E-state index contributed by atoms with van der Waals surface area (Å²) in [6.45, 7) is 6.94. The van der Waals surface area contributed by atoms with E-state index in [4.69, 9.17) is 0 Å². The van der Waals surface area contributed by atoms with Crippen LogP contribution in [-0.2, 0) is 0 Å². The van der Waals surface area contributed by atoms with Gasteiger partial charge < -0.3 is 9.90 Å². The molecule has 0 spiro atoms. The standard InChI is InChI=1S/C24H33NO2Si/c1-23(2,16-20-17-24(19-26)14-9-15-25(24)18-20)28(27,21-10-5-3-6-11-21)22-12-7-4-8-13-22/h3-8,10-13,20,26-27H,9,14-19H2,1-2H3/t20-,24+/m0/s1. The molecule has 3 nitrogen and oxygen atoms in total. The number of hydrogen-bond acceptors (Lipinski definition) is 3. The zero-order valence-electron chi connectivity index (χ0n) is 17.1. The lowest BCUT2D eigenvalue weighted by Crippen LogP contribution is -2.65. The fraction of sp³-hybridized carbons (Fsp3) is 0.500. The van der Waals surface area contributed by atoms with Crippen molar-refractivity contribution in [3.63, 3.8) is 0 Å². The average molecular weight is 396 g/mol. The lowest BCUT2D eigenvalue weighted by molar-refractivity contribution is 0.0997. The molecule has 0 bridgehead atoms. The molecule has 0 unspecified atom stereocenters. The van der Waals surface area contributed by atoms with E-state index in [1.165, 1.54) is 6.42 Å². The maximum absolute atomic E-state index is 12.3. The third-order valence-electron chi connectivity index (χ3n) is 7.34. The van der Waals surface area contributed by atoms with Gasteiger partial charge >= 0.3 is 0 Å². The summed E-state index contributed by atoms with van der Waals surface area (Å²) in [5, 5.41) is 12.0. The van der Waals surface area contributed by atoms with Crippen LogP contribution in [0.3, 0.4) is 0 Å². The van der Waals surface area contributed by atoms with Crippen LogP contribution in [0.4, 0.5) is 0 Å². The second-order valence-electron chi connectivity index (χ2n) is 9.53. The van der Waals surface area contributed by atoms with Crippen molar-refractivity contribution in [2.24, 2.45) is 5.92 Å². The number of rotatable bonds is 6. The Morgan fingerprint density at radius 2 is 1.61 bits per heavy atom. The summed E-state index contributed by atoms with van der Waals surface area (Å²) in [4.78, 5) is 14.9. The molecule has 2 aromatic rings. The van der Waals surface area contributed by atoms with Gasteiger partial charge in [-0.05, 0) is 53.6 Å². The number of fused-ring (bicyclic) bond motifs is 1. The fourth-order valence-electron chi connectivity index (χ4n) is 5.98. The van der Waals surface area contributed by atoms with E-state index in [1.807, 2.05) is 36.4 Å². The van der Waals surface area contributed by atoms with Crippen LogP contribution in [0, 0.1) is 5.92 Å². The molecule has 2 atom stereocenters. The summed E-state index contributed by atoms with van der Waals surface area (Å²) in [6.07, 6.45) is 4.35. The smallest absolute Gasteiger partial charge is 0.258 e. The Morgan fingerprint density at radius 3 is 2.11 bits per heavy atom. The van der Waals surface area contributed by atoms with E-state index in [2.05, 4.69) is 43.0 Å². The molecule has 4 rings (SSSR count). The van der Waals surface area contributed by atoms with Gasteiger partial charge in [-0.15, -0.1) is 0 Å². The van der Waals surface area contributed by atoms with E-state index in [-0.39, 0.29) is 17.2 Å². The number of hydrogen-bond donors (Lipinski definition) is 2. The quantitative estimate of drug-likeness (QED) is 0.739. The second-order valence-corrected chi connectivity index (χ2v) is 13.5. The maximum atomic E-state index is 12.3. The van der Waals surface area contributed by atoms with Gasteiger partial charge in [-0.2, -0.15) is 0 Å². The summed E-state index contributed by atoms with van der Waals surface area (Å²) < 4.78 is 0. The first kappa shape index (κ1) is 19.8. The Balaban J connectivity index is 1.67. The normalized spacial score (nSPS) is 25.8. The molecule has 28 heavy (non-hydrogen) atoms. The van der Waals surface area contributed by atoms with E-state index in [0.717, 1.165) is 42.7 Å². The van der Waals surface area contributed by atoms with Gasteiger partial charge in [0, 0.05) is 12.1 Å². The number of benzene rings is 2. The molecule has 2 aliphatic rings. The lowest BCUT2D eigenvalue weighted by atomic mass is 9.86. The summed E-state index contributed by atoms with van der Waals surface area (Å²) in [7, 11) is -2.95. The van der Waals surface area contributed by atoms with Crippen LogP contribution in [0.2, 0.25) is 5.04 Å². The van der Waals surface area contributed by atoms with Gasteiger partial charge in [0.2, 0.25) is 0 Å². The van der Waals surface area contributed by atoms with Gasteiger partial charge in [0.25, 0.3) is 8.32 Å². The van der Waals surface area contributed by atoms with Crippen LogP contribution in [0.25, 0.3) is 0 Å². The first-order chi connectivity index (χ1) is 13.4. The van der Waals surface area contributed by atoms with Crippen LogP contribution >= 0.6 is 0 Å². The predicted octanol–water partition coefficient (Wildman–Crippen LogP) is 2.76. The SMILES string of the molecule is CC(C)(C[C@@H]1CN2CCC[C@]2(CO)C1)[Si](O)(c1ccccc1)c1ccccc1. The van der Waals surface area contributed by atoms with Crippen LogP contribution in [0.1, 0.15) is 39.5 Å². The van der Waals surface area contributed by atoms with Gasteiger partial charge in [-0.25, -0.2) is 0 Å². The van der Waals surface area contributed by atoms with Crippen molar-refractivity contribution < 1.29 is 9.90 Å².